The molecule has 2 aliphatic heterocycles. The van der Waals surface area contributed by atoms with Gasteiger partial charge in [-0.2, -0.15) is 13.2 Å². The van der Waals surface area contributed by atoms with Crippen molar-refractivity contribution in [1.29, 1.82) is 0 Å². The van der Waals surface area contributed by atoms with E-state index in [1.165, 1.54) is 20.8 Å². The van der Waals surface area contributed by atoms with E-state index in [1.807, 2.05) is 0 Å². The topological polar surface area (TPSA) is 118 Å². The Bertz CT molecular complexity index is 1380. The molecule has 0 saturated carbocycles. The molecule has 0 bridgehead atoms. The lowest BCUT2D eigenvalue weighted by Crippen LogP contribution is -2.46. The van der Waals surface area contributed by atoms with Crippen LogP contribution in [0, 0.1) is 11.7 Å². The Balaban J connectivity index is 1.75. The minimum absolute atomic E-state index is 0.0498. The van der Waals surface area contributed by atoms with Crippen molar-refractivity contribution in [1.82, 2.24) is 5.32 Å². The van der Waals surface area contributed by atoms with E-state index in [4.69, 9.17) is 14.2 Å². The average molecular weight is 640 g/mol. The molecule has 2 amide bonds. The van der Waals surface area contributed by atoms with Gasteiger partial charge in [-0.3, -0.25) is 19.4 Å². The number of amides is 2. The maximum atomic E-state index is 16.5. The number of alkyl halides is 3. The van der Waals surface area contributed by atoms with Crippen LogP contribution < -0.4 is 19.9 Å². The van der Waals surface area contributed by atoms with E-state index < -0.39 is 59.6 Å². The predicted molar refractivity (Wildman–Crippen MR) is 156 cm³/mol. The van der Waals surface area contributed by atoms with Crippen molar-refractivity contribution >= 4 is 29.3 Å². The summed E-state index contributed by atoms with van der Waals surface area (Å²) >= 11 is 0. The van der Waals surface area contributed by atoms with Crippen LogP contribution >= 0.6 is 0 Å². The van der Waals surface area contributed by atoms with E-state index in [2.05, 4.69) is 5.32 Å². The second-order valence-electron chi connectivity index (χ2n) is 12.0. The maximum Gasteiger partial charge on any atom is 0.471 e. The summed E-state index contributed by atoms with van der Waals surface area (Å²) in [6.07, 6.45) is -5.41. The Morgan fingerprint density at radius 3 is 2.36 bits per heavy atom. The highest BCUT2D eigenvalue weighted by Gasteiger charge is 2.47. The summed E-state index contributed by atoms with van der Waals surface area (Å²) in [7, 11) is 0. The minimum atomic E-state index is -5.49. The molecule has 2 aliphatic rings. The molecular formula is C31H37F4N3O7. The van der Waals surface area contributed by atoms with Gasteiger partial charge in [-0.15, -0.1) is 0 Å². The van der Waals surface area contributed by atoms with Crippen molar-refractivity contribution < 1.29 is 51.3 Å². The largest absolute Gasteiger partial charge is 0.487 e. The summed E-state index contributed by atoms with van der Waals surface area (Å²) in [5, 5.41) is 13.3. The Kier molecular flexibility index (Phi) is 10.6. The van der Waals surface area contributed by atoms with Crippen LogP contribution in [0.4, 0.5) is 33.7 Å². The molecule has 1 saturated heterocycles. The smallest absolute Gasteiger partial charge is 0.471 e. The zero-order valence-electron chi connectivity index (χ0n) is 25.3. The third kappa shape index (κ3) is 8.63. The second-order valence-corrected chi connectivity index (χ2v) is 12.0. The van der Waals surface area contributed by atoms with Gasteiger partial charge in [0.15, 0.2) is 5.82 Å². The summed E-state index contributed by atoms with van der Waals surface area (Å²) in [6, 6.07) is 8.73. The van der Waals surface area contributed by atoms with Crippen LogP contribution in [0.2, 0.25) is 0 Å². The van der Waals surface area contributed by atoms with Crippen molar-refractivity contribution in [3.05, 3.63) is 53.3 Å². The fourth-order valence-corrected chi connectivity index (χ4v) is 5.41. The lowest BCUT2D eigenvalue weighted by molar-refractivity contribution is -0.171. The molecule has 246 valence electrons. The van der Waals surface area contributed by atoms with Gasteiger partial charge in [0.2, 0.25) is 0 Å². The number of carboxylic acid groups (broad SMARTS) is 1. The number of nitrogens with one attached hydrogen (secondary N) is 1. The number of halogens is 4. The van der Waals surface area contributed by atoms with Crippen molar-refractivity contribution in [2.75, 3.05) is 42.6 Å². The summed E-state index contributed by atoms with van der Waals surface area (Å²) in [5.74, 6) is -5.25. The molecular weight excluding hydrogens is 602 g/mol. The molecule has 0 spiro atoms. The number of ether oxygens (including phenoxy) is 3. The van der Waals surface area contributed by atoms with Gasteiger partial charge < -0.3 is 24.6 Å². The SMILES string of the molecule is CC(C)(C)OC(=O)CN(C(=O)C(F)(F)F)c1c(OCc2ccccc2)cc2c(c1F)C[C@H](CNCC1CCOCC1)N2C(=O)O. The number of nitrogens with zero attached hydrogens (tertiary/aromatic N) is 2. The van der Waals surface area contributed by atoms with E-state index in [-0.39, 0.29) is 35.7 Å². The maximum absolute atomic E-state index is 16.5. The highest BCUT2D eigenvalue weighted by molar-refractivity contribution is 6.03. The number of fused-ring (bicyclic) bond motifs is 1. The van der Waals surface area contributed by atoms with Crippen LogP contribution in [0.5, 0.6) is 5.75 Å². The quantitative estimate of drug-likeness (QED) is 0.274. The molecule has 2 N–H and O–H groups in total. The summed E-state index contributed by atoms with van der Waals surface area (Å²) < 4.78 is 74.4. The number of hydrogen-bond acceptors (Lipinski definition) is 7. The van der Waals surface area contributed by atoms with Crippen LogP contribution in [0.1, 0.15) is 44.7 Å². The van der Waals surface area contributed by atoms with E-state index >= 15 is 4.39 Å². The normalized spacial score (nSPS) is 17.1. The van der Waals surface area contributed by atoms with Gasteiger partial charge in [-0.05, 0) is 58.1 Å². The molecule has 45 heavy (non-hydrogen) atoms. The summed E-state index contributed by atoms with van der Waals surface area (Å²) in [4.78, 5) is 38.7. The lowest BCUT2D eigenvalue weighted by atomic mass is 10.0. The highest BCUT2D eigenvalue weighted by Crippen LogP contribution is 2.45. The van der Waals surface area contributed by atoms with Crippen LogP contribution in [0.15, 0.2) is 36.4 Å². The predicted octanol–water partition coefficient (Wildman–Crippen LogP) is 5.07. The van der Waals surface area contributed by atoms with E-state index in [0.29, 0.717) is 31.2 Å². The molecule has 0 radical (unpaired) electrons. The van der Waals surface area contributed by atoms with Gasteiger partial charge in [-0.1, -0.05) is 30.3 Å². The lowest BCUT2D eigenvalue weighted by Gasteiger charge is -2.28. The third-order valence-corrected chi connectivity index (χ3v) is 7.41. The van der Waals surface area contributed by atoms with E-state index in [1.54, 1.807) is 30.3 Å². The molecule has 0 aliphatic carbocycles. The Labute approximate surface area is 258 Å². The first-order valence-electron chi connectivity index (χ1n) is 14.6. The zero-order valence-corrected chi connectivity index (χ0v) is 25.3. The molecule has 1 fully saturated rings. The monoisotopic (exact) mass is 639 g/mol. The van der Waals surface area contributed by atoms with Gasteiger partial charge >= 0.3 is 24.1 Å². The third-order valence-electron chi connectivity index (χ3n) is 7.41. The first kappa shape index (κ1) is 34.0. The molecule has 1 atom stereocenters. The van der Waals surface area contributed by atoms with Crippen LogP contribution in [-0.4, -0.2) is 73.7 Å². The molecule has 2 aromatic rings. The molecule has 2 heterocycles. The van der Waals surface area contributed by atoms with Crippen molar-refractivity contribution in [3.8, 4) is 5.75 Å². The molecule has 0 aromatic heterocycles. The van der Waals surface area contributed by atoms with Crippen molar-refractivity contribution in [2.24, 2.45) is 5.92 Å². The van der Waals surface area contributed by atoms with Gasteiger partial charge in [0.1, 0.15) is 30.2 Å². The van der Waals surface area contributed by atoms with Crippen LogP contribution in [-0.2, 0) is 32.1 Å². The minimum Gasteiger partial charge on any atom is -0.487 e. The van der Waals surface area contributed by atoms with Gasteiger partial charge in [0.25, 0.3) is 0 Å². The number of carbonyl (C=O) groups excluding carboxylic acids is 2. The average Bonchev–Trinajstić information content (AvgIpc) is 3.33. The summed E-state index contributed by atoms with van der Waals surface area (Å²) in [6.45, 7) is 4.90. The number of anilines is 2. The fourth-order valence-electron chi connectivity index (χ4n) is 5.41. The molecule has 4 rings (SSSR count). The Morgan fingerprint density at radius 2 is 1.76 bits per heavy atom. The summed E-state index contributed by atoms with van der Waals surface area (Å²) in [5.41, 5.74) is -1.82. The van der Waals surface area contributed by atoms with Crippen molar-refractivity contribution in [3.63, 3.8) is 0 Å². The molecule has 14 heteroatoms. The highest BCUT2D eigenvalue weighted by atomic mass is 19.4. The Hall–Kier alpha value is -3.91. The number of benzene rings is 2. The fraction of sp³-hybridized carbons (Fsp3) is 0.516. The second kappa shape index (κ2) is 14.0. The Morgan fingerprint density at radius 1 is 1.09 bits per heavy atom. The number of esters is 1. The van der Waals surface area contributed by atoms with Crippen LogP contribution in [0.3, 0.4) is 0 Å². The molecule has 10 nitrogen and oxygen atoms in total. The zero-order chi connectivity index (χ0) is 32.9. The standard InChI is InChI=1S/C31H37F4N3O7/c1-30(2,3)45-25(39)17-37(28(40)31(33,34)35)27-24(44-18-20-7-5-4-6-8-20)14-23-22(26(27)32)13-21(38(23)29(41)42)16-36-15-19-9-11-43-12-10-19/h4-8,14,19,21,36H,9-13,15-18H2,1-3H3,(H,41,42)/t21-/m1/s1. The number of hydrogen-bond donors (Lipinski definition) is 2. The van der Waals surface area contributed by atoms with Crippen molar-refractivity contribution in [2.45, 2.75) is 64.5 Å². The van der Waals surface area contributed by atoms with Crippen LogP contribution in [0.25, 0.3) is 0 Å². The van der Waals surface area contributed by atoms with E-state index in [9.17, 15) is 32.7 Å². The van der Waals surface area contributed by atoms with E-state index in [0.717, 1.165) is 23.8 Å². The molecule has 0 unspecified atom stereocenters. The van der Waals surface area contributed by atoms with Gasteiger partial charge in [0.05, 0.1) is 11.7 Å². The first-order valence-corrected chi connectivity index (χ1v) is 14.6. The van der Waals surface area contributed by atoms with Gasteiger partial charge in [-0.25, -0.2) is 9.18 Å². The van der Waals surface area contributed by atoms with Gasteiger partial charge in [0, 0.05) is 31.4 Å². The number of carbonyl (C=O) groups is 3. The first-order chi connectivity index (χ1) is 21.2. The number of rotatable bonds is 10. The molecule has 2 aromatic carbocycles.